The van der Waals surface area contributed by atoms with Gasteiger partial charge < -0.3 is 16.4 Å². The van der Waals surface area contributed by atoms with Crippen LogP contribution in [0.4, 0.5) is 11.4 Å². The van der Waals surface area contributed by atoms with Crippen LogP contribution in [0.25, 0.3) is 11.6 Å². The minimum atomic E-state index is -0.540. The lowest BCUT2D eigenvalue weighted by atomic mass is 9.78. The van der Waals surface area contributed by atoms with Gasteiger partial charge in [-0.2, -0.15) is 0 Å². The Morgan fingerprint density at radius 2 is 1.37 bits per heavy atom. The summed E-state index contributed by atoms with van der Waals surface area (Å²) in [5, 5.41) is 9.88. The SMILES string of the molecule is Cc1ccccc1C(=O)Nc1ccc(C(=O)C2=c3ccc4c(c3CCC2N)C(C(=O)Nc2ccccc2)C=c2ccccc2=4)cc1. The van der Waals surface area contributed by atoms with E-state index in [1.165, 1.54) is 0 Å². The lowest BCUT2D eigenvalue weighted by Crippen LogP contribution is -2.39. The van der Waals surface area contributed by atoms with Crippen LogP contribution in [0.1, 0.15) is 49.7 Å². The maximum atomic E-state index is 14.1. The molecule has 46 heavy (non-hydrogen) atoms. The van der Waals surface area contributed by atoms with Crippen molar-refractivity contribution in [1.82, 2.24) is 0 Å². The third kappa shape index (κ3) is 5.33. The van der Waals surface area contributed by atoms with Crippen molar-refractivity contribution in [3.05, 3.63) is 164 Å². The summed E-state index contributed by atoms with van der Waals surface area (Å²) in [5.41, 5.74) is 12.4. The Hall–Kier alpha value is -5.59. The van der Waals surface area contributed by atoms with Crippen molar-refractivity contribution in [2.75, 3.05) is 10.6 Å². The summed E-state index contributed by atoms with van der Waals surface area (Å²) in [4.78, 5) is 40.8. The van der Waals surface area contributed by atoms with E-state index in [0.717, 1.165) is 43.3 Å². The molecule has 0 fully saturated rings. The number of aryl methyl sites for hydroxylation is 1. The molecule has 6 nitrogen and oxygen atoms in total. The molecule has 0 aliphatic heterocycles. The van der Waals surface area contributed by atoms with E-state index in [1.807, 2.05) is 91.9 Å². The van der Waals surface area contributed by atoms with E-state index in [2.05, 4.69) is 16.7 Å². The van der Waals surface area contributed by atoms with E-state index < -0.39 is 12.0 Å². The molecule has 0 aromatic heterocycles. The zero-order chi connectivity index (χ0) is 31.8. The molecular formula is C40H33N3O3. The minimum absolute atomic E-state index is 0.124. The molecule has 0 heterocycles. The molecule has 0 saturated carbocycles. The van der Waals surface area contributed by atoms with Gasteiger partial charge >= 0.3 is 0 Å². The number of nitrogens with two attached hydrogens (primary N) is 1. The van der Waals surface area contributed by atoms with Gasteiger partial charge in [0.05, 0.1) is 5.92 Å². The lowest BCUT2D eigenvalue weighted by Gasteiger charge is -2.27. The van der Waals surface area contributed by atoms with Gasteiger partial charge in [0.2, 0.25) is 5.91 Å². The summed E-state index contributed by atoms with van der Waals surface area (Å²) in [7, 11) is 0. The topological polar surface area (TPSA) is 101 Å². The highest BCUT2D eigenvalue weighted by atomic mass is 16.2. The van der Waals surface area contributed by atoms with E-state index >= 15 is 0 Å². The fourth-order valence-corrected chi connectivity index (χ4v) is 6.70. The third-order valence-corrected chi connectivity index (χ3v) is 8.99. The number of para-hydroxylation sites is 1. The predicted molar refractivity (Wildman–Crippen MR) is 182 cm³/mol. The van der Waals surface area contributed by atoms with Crippen molar-refractivity contribution < 1.29 is 14.4 Å². The number of hydrogen-bond acceptors (Lipinski definition) is 4. The van der Waals surface area contributed by atoms with Gasteiger partial charge in [-0.3, -0.25) is 14.4 Å². The summed E-state index contributed by atoms with van der Waals surface area (Å²) >= 11 is 0. The molecule has 6 heteroatoms. The van der Waals surface area contributed by atoms with Gasteiger partial charge in [0.25, 0.3) is 5.91 Å². The van der Waals surface area contributed by atoms with Crippen molar-refractivity contribution in [3.63, 3.8) is 0 Å². The molecule has 0 saturated heterocycles. The normalized spacial score (nSPS) is 16.3. The highest BCUT2D eigenvalue weighted by Crippen LogP contribution is 2.30. The number of ketones is 1. The summed E-state index contributed by atoms with van der Waals surface area (Å²) in [5.74, 6) is -1.03. The van der Waals surface area contributed by atoms with Crippen LogP contribution in [-0.2, 0) is 11.2 Å². The average Bonchev–Trinajstić information content (AvgIpc) is 3.08. The molecule has 4 N–H and O–H groups in total. The van der Waals surface area contributed by atoms with Gasteiger partial charge in [0.15, 0.2) is 5.78 Å². The van der Waals surface area contributed by atoms with Crippen LogP contribution in [0.15, 0.2) is 115 Å². The first-order valence-corrected chi connectivity index (χ1v) is 15.5. The number of benzene rings is 5. The lowest BCUT2D eigenvalue weighted by molar-refractivity contribution is -0.116. The Kier molecular flexibility index (Phi) is 7.64. The highest BCUT2D eigenvalue weighted by molar-refractivity contribution is 6.26. The van der Waals surface area contributed by atoms with Gasteiger partial charge in [-0.25, -0.2) is 0 Å². The number of anilines is 2. The Morgan fingerprint density at radius 1 is 0.696 bits per heavy atom. The zero-order valence-corrected chi connectivity index (χ0v) is 25.4. The van der Waals surface area contributed by atoms with Crippen molar-refractivity contribution in [2.45, 2.75) is 31.7 Å². The number of nitrogens with one attached hydrogen (secondary N) is 2. The van der Waals surface area contributed by atoms with Crippen LogP contribution >= 0.6 is 0 Å². The van der Waals surface area contributed by atoms with Gasteiger partial charge in [0.1, 0.15) is 0 Å². The van der Waals surface area contributed by atoms with Crippen LogP contribution in [0, 0.1) is 17.4 Å². The number of amides is 2. The van der Waals surface area contributed by atoms with E-state index in [4.69, 9.17) is 5.73 Å². The van der Waals surface area contributed by atoms with Crippen molar-refractivity contribution >= 4 is 40.6 Å². The predicted octanol–water partition coefficient (Wildman–Crippen LogP) is 5.36. The van der Waals surface area contributed by atoms with Gasteiger partial charge in [-0.1, -0.05) is 78.9 Å². The first-order chi connectivity index (χ1) is 22.4. The first-order valence-electron chi connectivity index (χ1n) is 15.5. The molecule has 0 radical (unpaired) electrons. The molecule has 2 aliphatic carbocycles. The smallest absolute Gasteiger partial charge is 0.255 e. The standard InChI is InChI=1S/C40H33N3O3/c1-24-9-5-7-13-29(24)39(45)43-28-17-15-25(16-18-28)38(44)37-33-20-19-31-30-14-8-6-10-26(30)23-34(36(31)32(33)21-22-35(37)41)40(46)42-27-11-3-2-4-12-27/h2-20,23,34-35H,21-22,41H2,1H3,(H,42,46)(H,43,45). The van der Waals surface area contributed by atoms with Crippen molar-refractivity contribution in [1.29, 1.82) is 0 Å². The van der Waals surface area contributed by atoms with E-state index in [1.54, 1.807) is 30.3 Å². The van der Waals surface area contributed by atoms with Crippen LogP contribution in [0.2, 0.25) is 0 Å². The second-order valence-corrected chi connectivity index (χ2v) is 11.9. The molecular weight excluding hydrogens is 570 g/mol. The zero-order valence-electron chi connectivity index (χ0n) is 25.4. The Morgan fingerprint density at radius 3 is 2.15 bits per heavy atom. The van der Waals surface area contributed by atoms with Crippen LogP contribution < -0.4 is 26.8 Å². The number of carbonyl (C=O) groups is 3. The monoisotopic (exact) mass is 603 g/mol. The van der Waals surface area contributed by atoms with E-state index in [9.17, 15) is 14.4 Å². The Balaban J connectivity index is 1.29. The molecule has 0 bridgehead atoms. The Labute approximate surface area is 266 Å². The highest BCUT2D eigenvalue weighted by Gasteiger charge is 2.31. The van der Waals surface area contributed by atoms with E-state index in [0.29, 0.717) is 35.2 Å². The number of Topliss-reactive ketones (excluding diaryl/α,β-unsaturated/α-hetero) is 1. The quantitative estimate of drug-likeness (QED) is 0.228. The number of hydrogen-bond donors (Lipinski definition) is 3. The molecule has 2 aliphatic rings. The third-order valence-electron chi connectivity index (χ3n) is 8.99. The van der Waals surface area contributed by atoms with Gasteiger partial charge in [0, 0.05) is 34.1 Å². The molecule has 0 spiro atoms. The van der Waals surface area contributed by atoms with E-state index in [-0.39, 0.29) is 17.6 Å². The first kappa shape index (κ1) is 29.1. The molecule has 5 aromatic rings. The van der Waals surface area contributed by atoms with Crippen LogP contribution in [0.5, 0.6) is 0 Å². The Bertz CT molecular complexity index is 2240. The maximum Gasteiger partial charge on any atom is 0.255 e. The molecule has 5 aromatic carbocycles. The second kappa shape index (κ2) is 12.1. The number of fused-ring (bicyclic) bond motifs is 4. The number of carbonyl (C=O) groups excluding carboxylic acids is 3. The fraction of sp³-hybridized carbons (Fsp3) is 0.125. The van der Waals surface area contributed by atoms with Crippen molar-refractivity contribution in [2.24, 2.45) is 5.73 Å². The van der Waals surface area contributed by atoms with Gasteiger partial charge in [-0.05, 0) is 99.8 Å². The summed E-state index contributed by atoms with van der Waals surface area (Å²) in [6.45, 7) is 1.89. The summed E-state index contributed by atoms with van der Waals surface area (Å²) in [6, 6.07) is 35.4. The van der Waals surface area contributed by atoms with Crippen molar-refractivity contribution in [3.8, 4) is 0 Å². The molecule has 2 amide bonds. The fourth-order valence-electron chi connectivity index (χ4n) is 6.70. The molecule has 226 valence electrons. The molecule has 2 atom stereocenters. The molecule has 2 unspecified atom stereocenters. The summed E-state index contributed by atoms with van der Waals surface area (Å²) < 4.78 is 0. The van der Waals surface area contributed by atoms with Crippen LogP contribution in [0.3, 0.4) is 0 Å². The average molecular weight is 604 g/mol. The summed E-state index contributed by atoms with van der Waals surface area (Å²) in [6.07, 6.45) is 3.27. The minimum Gasteiger partial charge on any atom is -0.325 e. The largest absolute Gasteiger partial charge is 0.325 e. The van der Waals surface area contributed by atoms with Crippen LogP contribution in [-0.4, -0.2) is 23.6 Å². The molecule has 7 rings (SSSR count). The number of rotatable bonds is 6. The second-order valence-electron chi connectivity index (χ2n) is 11.9. The maximum absolute atomic E-state index is 14.1. The van der Waals surface area contributed by atoms with Gasteiger partial charge in [-0.15, -0.1) is 0 Å².